The third-order valence-corrected chi connectivity index (χ3v) is 6.84. The van der Waals surface area contributed by atoms with Gasteiger partial charge in [-0.05, 0) is 74.3 Å². The largest absolute Gasteiger partial charge is 0.331 e. The van der Waals surface area contributed by atoms with E-state index in [1.165, 1.54) is 17.2 Å². The number of rotatable bonds is 7. The van der Waals surface area contributed by atoms with E-state index in [0.717, 1.165) is 37.5 Å². The molecule has 0 atom stereocenters. The summed E-state index contributed by atoms with van der Waals surface area (Å²) in [6.07, 6.45) is 6.57. The lowest BCUT2D eigenvalue weighted by Crippen LogP contribution is -2.45. The fourth-order valence-electron chi connectivity index (χ4n) is 3.74. The summed E-state index contributed by atoms with van der Waals surface area (Å²) >= 11 is 5.82. The minimum atomic E-state index is -3.85. The Morgan fingerprint density at radius 1 is 1.10 bits per heavy atom. The van der Waals surface area contributed by atoms with Crippen LogP contribution in [0.25, 0.3) is 6.08 Å². The number of piperidine rings is 1. The van der Waals surface area contributed by atoms with Crippen molar-refractivity contribution < 1.29 is 13.2 Å². The second-order valence-electron chi connectivity index (χ2n) is 8.11. The molecule has 0 aliphatic carbocycles. The van der Waals surface area contributed by atoms with Crippen LogP contribution in [0.2, 0.25) is 5.02 Å². The quantitative estimate of drug-likeness (QED) is 0.602. The maximum Gasteiger partial charge on any atom is 0.331 e. The van der Waals surface area contributed by atoms with Gasteiger partial charge in [0.15, 0.2) is 0 Å². The molecule has 2 aromatic carbocycles. The topological polar surface area (TPSA) is 66.5 Å². The minimum Gasteiger partial charge on any atom is -0.324 e. The summed E-state index contributed by atoms with van der Waals surface area (Å²) in [5.74, 6) is 0.580. The van der Waals surface area contributed by atoms with Gasteiger partial charge in [0, 0.05) is 18.1 Å². The van der Waals surface area contributed by atoms with Gasteiger partial charge >= 0.3 is 6.03 Å². The van der Waals surface area contributed by atoms with Crippen molar-refractivity contribution in [1.29, 1.82) is 0 Å². The number of likely N-dealkylation sites (tertiary alicyclic amines) is 1. The zero-order chi connectivity index (χ0) is 22.3. The molecule has 1 fully saturated rings. The molecule has 0 aromatic heterocycles. The molecule has 0 bridgehead atoms. The smallest absolute Gasteiger partial charge is 0.324 e. The van der Waals surface area contributed by atoms with Crippen LogP contribution in [0, 0.1) is 12.8 Å². The zero-order valence-corrected chi connectivity index (χ0v) is 19.3. The Bertz CT molecular complexity index is 994. The number of hydrogen-bond donors (Lipinski definition) is 1. The van der Waals surface area contributed by atoms with Gasteiger partial charge in [0.05, 0.1) is 5.41 Å². The number of sulfonamides is 1. The number of hydrogen-bond acceptors (Lipinski definition) is 3. The first kappa shape index (κ1) is 23.4. The van der Waals surface area contributed by atoms with E-state index in [9.17, 15) is 13.2 Å². The lowest BCUT2D eigenvalue weighted by atomic mass is 9.91. The van der Waals surface area contributed by atoms with E-state index in [2.05, 4.69) is 35.9 Å². The summed E-state index contributed by atoms with van der Waals surface area (Å²) in [4.78, 5) is 14.0. The molecule has 3 rings (SSSR count). The second-order valence-corrected chi connectivity index (χ2v) is 10.1. The highest BCUT2D eigenvalue weighted by atomic mass is 35.5. The summed E-state index contributed by atoms with van der Waals surface area (Å²) in [6, 6.07) is 14.9. The van der Waals surface area contributed by atoms with Crippen LogP contribution in [0.15, 0.2) is 53.9 Å². The number of amides is 2. The SMILES string of the molecule is Cc1ccc(CCCC2CCN(C(=O)NS(=O)(=O)C=Cc3ccc(Cl)cc3)CC2)cc1. The van der Waals surface area contributed by atoms with E-state index in [4.69, 9.17) is 11.6 Å². The molecule has 1 N–H and O–H groups in total. The van der Waals surface area contributed by atoms with Crippen molar-refractivity contribution in [3.05, 3.63) is 75.7 Å². The molecule has 2 amide bonds. The van der Waals surface area contributed by atoms with Gasteiger partial charge in [-0.1, -0.05) is 53.6 Å². The fraction of sp³-hybridized carbons (Fsp3) is 0.375. The molecule has 0 radical (unpaired) electrons. The Labute approximate surface area is 190 Å². The van der Waals surface area contributed by atoms with Crippen LogP contribution in [-0.2, 0) is 16.4 Å². The van der Waals surface area contributed by atoms with Crippen molar-refractivity contribution in [2.45, 2.75) is 39.0 Å². The molecule has 0 spiro atoms. The van der Waals surface area contributed by atoms with Crippen molar-refractivity contribution >= 4 is 33.7 Å². The monoisotopic (exact) mass is 460 g/mol. The molecular weight excluding hydrogens is 432 g/mol. The average molecular weight is 461 g/mol. The van der Waals surface area contributed by atoms with Crippen molar-refractivity contribution in [2.75, 3.05) is 13.1 Å². The molecule has 31 heavy (non-hydrogen) atoms. The van der Waals surface area contributed by atoms with Crippen LogP contribution in [0.1, 0.15) is 42.4 Å². The average Bonchev–Trinajstić information content (AvgIpc) is 2.75. The maximum atomic E-state index is 12.4. The number of nitrogens with one attached hydrogen (secondary N) is 1. The van der Waals surface area contributed by atoms with Gasteiger partial charge < -0.3 is 4.90 Å². The van der Waals surface area contributed by atoms with Gasteiger partial charge in [-0.25, -0.2) is 17.9 Å². The van der Waals surface area contributed by atoms with Gasteiger partial charge in [0.1, 0.15) is 0 Å². The van der Waals surface area contributed by atoms with Crippen molar-refractivity contribution in [1.82, 2.24) is 9.62 Å². The number of benzene rings is 2. The van der Waals surface area contributed by atoms with Gasteiger partial charge in [-0.15, -0.1) is 0 Å². The third kappa shape index (κ3) is 7.71. The van der Waals surface area contributed by atoms with Gasteiger partial charge in [-0.2, -0.15) is 0 Å². The van der Waals surface area contributed by atoms with Gasteiger partial charge in [0.2, 0.25) is 0 Å². The molecule has 2 aromatic rings. The standard InChI is InChI=1S/C24H29ClN2O3S/c1-19-5-7-20(8-6-19)3-2-4-21-13-16-27(17-14-21)24(28)26-31(29,30)18-15-22-9-11-23(25)12-10-22/h5-12,15,18,21H,2-4,13-14,16-17H2,1H3,(H,26,28). The lowest BCUT2D eigenvalue weighted by molar-refractivity contribution is 0.172. The Morgan fingerprint density at radius 3 is 2.39 bits per heavy atom. The van der Waals surface area contributed by atoms with E-state index in [1.54, 1.807) is 29.2 Å². The number of urea groups is 1. The number of carbonyl (C=O) groups is 1. The van der Waals surface area contributed by atoms with E-state index in [1.807, 2.05) is 0 Å². The first-order chi connectivity index (χ1) is 14.8. The van der Waals surface area contributed by atoms with Crippen molar-refractivity contribution in [3.63, 3.8) is 0 Å². The highest BCUT2D eigenvalue weighted by Gasteiger charge is 2.24. The van der Waals surface area contributed by atoms with Crippen LogP contribution in [0.4, 0.5) is 4.79 Å². The number of halogens is 1. The summed E-state index contributed by atoms with van der Waals surface area (Å²) in [6.45, 7) is 3.25. The Balaban J connectivity index is 1.40. The summed E-state index contributed by atoms with van der Waals surface area (Å²) < 4.78 is 26.6. The molecule has 1 aliphatic rings. The molecular formula is C24H29ClN2O3S. The fourth-order valence-corrected chi connectivity index (χ4v) is 4.64. The predicted octanol–water partition coefficient (Wildman–Crippen LogP) is 5.39. The van der Waals surface area contributed by atoms with Crippen LogP contribution < -0.4 is 4.72 Å². The van der Waals surface area contributed by atoms with Gasteiger partial charge in [0.25, 0.3) is 10.0 Å². The highest BCUT2D eigenvalue weighted by molar-refractivity contribution is 7.93. The third-order valence-electron chi connectivity index (χ3n) is 5.64. The second kappa shape index (κ2) is 10.8. The normalized spacial score (nSPS) is 15.4. The van der Waals surface area contributed by atoms with Crippen LogP contribution >= 0.6 is 11.6 Å². The van der Waals surface area contributed by atoms with Crippen LogP contribution in [0.3, 0.4) is 0 Å². The molecule has 1 heterocycles. The summed E-state index contributed by atoms with van der Waals surface area (Å²) in [7, 11) is -3.85. The predicted molar refractivity (Wildman–Crippen MR) is 126 cm³/mol. The number of nitrogens with zero attached hydrogens (tertiary/aromatic N) is 1. The van der Waals surface area contributed by atoms with Gasteiger partial charge in [-0.3, -0.25) is 0 Å². The number of carbonyl (C=O) groups excluding carboxylic acids is 1. The first-order valence-corrected chi connectivity index (χ1v) is 12.5. The van der Waals surface area contributed by atoms with E-state index < -0.39 is 16.1 Å². The Kier molecular flexibility index (Phi) is 8.15. The molecule has 0 unspecified atom stereocenters. The van der Waals surface area contributed by atoms with Crippen molar-refractivity contribution in [2.24, 2.45) is 5.92 Å². The Morgan fingerprint density at radius 2 is 1.74 bits per heavy atom. The van der Waals surface area contributed by atoms with Crippen LogP contribution in [0.5, 0.6) is 0 Å². The molecule has 166 valence electrons. The van der Waals surface area contributed by atoms with Crippen molar-refractivity contribution in [3.8, 4) is 0 Å². The van der Waals surface area contributed by atoms with E-state index >= 15 is 0 Å². The maximum absolute atomic E-state index is 12.4. The molecule has 7 heteroatoms. The lowest BCUT2D eigenvalue weighted by Gasteiger charge is -2.31. The van der Waals surface area contributed by atoms with E-state index in [0.29, 0.717) is 29.6 Å². The number of aryl methyl sites for hydroxylation is 2. The molecule has 5 nitrogen and oxygen atoms in total. The highest BCUT2D eigenvalue weighted by Crippen LogP contribution is 2.23. The van der Waals surface area contributed by atoms with Crippen LogP contribution in [-0.4, -0.2) is 32.4 Å². The molecule has 1 aliphatic heterocycles. The first-order valence-electron chi connectivity index (χ1n) is 10.6. The molecule has 1 saturated heterocycles. The molecule has 0 saturated carbocycles. The van der Waals surface area contributed by atoms with E-state index in [-0.39, 0.29) is 0 Å². The summed E-state index contributed by atoms with van der Waals surface area (Å²) in [5, 5.41) is 1.58. The summed E-state index contributed by atoms with van der Waals surface area (Å²) in [5.41, 5.74) is 3.32. The Hall–Kier alpha value is -2.31. The zero-order valence-electron chi connectivity index (χ0n) is 17.8. The minimum absolute atomic E-state index is 0.557.